The summed E-state index contributed by atoms with van der Waals surface area (Å²) in [6.07, 6.45) is 3.30. The van der Waals surface area contributed by atoms with Crippen LogP contribution in [0.5, 0.6) is 0 Å². The van der Waals surface area contributed by atoms with Crippen molar-refractivity contribution in [3.63, 3.8) is 0 Å². The Morgan fingerprint density at radius 3 is 2.74 bits per heavy atom. The number of thiazole rings is 2. The van der Waals surface area contributed by atoms with Gasteiger partial charge in [-0.25, -0.2) is 9.97 Å². The van der Waals surface area contributed by atoms with Crippen molar-refractivity contribution in [1.82, 2.24) is 25.0 Å². The number of carbonyl (C=O) groups is 1. The Bertz CT molecular complexity index is 688. The molecule has 0 aromatic carbocycles. The van der Waals surface area contributed by atoms with Crippen LogP contribution in [0.4, 0.5) is 5.13 Å². The first kappa shape index (κ1) is 11.9. The Morgan fingerprint density at radius 2 is 2.05 bits per heavy atom. The van der Waals surface area contributed by atoms with E-state index in [-0.39, 0.29) is 11.6 Å². The lowest BCUT2D eigenvalue weighted by atomic mass is 10.3. The molecule has 0 atom stereocenters. The first-order chi connectivity index (χ1) is 9.25. The SMILES string of the molecule is Cc1c(C(=O)Nc2nccs2)nnn1-c1nccs1. The van der Waals surface area contributed by atoms with E-state index in [1.54, 1.807) is 29.4 Å². The first-order valence-electron chi connectivity index (χ1n) is 5.28. The van der Waals surface area contributed by atoms with Crippen molar-refractivity contribution in [3.8, 4) is 5.13 Å². The Kier molecular flexibility index (Phi) is 3.05. The largest absolute Gasteiger partial charge is 0.296 e. The number of carbonyl (C=O) groups excluding carboxylic acids is 1. The highest BCUT2D eigenvalue weighted by molar-refractivity contribution is 7.13. The molecule has 3 aromatic rings. The van der Waals surface area contributed by atoms with Crippen LogP contribution in [-0.2, 0) is 0 Å². The zero-order chi connectivity index (χ0) is 13.2. The fourth-order valence-electron chi connectivity index (χ4n) is 1.48. The zero-order valence-electron chi connectivity index (χ0n) is 9.77. The highest BCUT2D eigenvalue weighted by Gasteiger charge is 2.18. The minimum absolute atomic E-state index is 0.269. The van der Waals surface area contributed by atoms with Crippen LogP contribution in [0.15, 0.2) is 23.2 Å². The molecular formula is C10H8N6OS2. The molecule has 1 amide bonds. The molecule has 0 radical (unpaired) electrons. The van der Waals surface area contributed by atoms with Crippen LogP contribution in [0.1, 0.15) is 16.2 Å². The molecular weight excluding hydrogens is 284 g/mol. The van der Waals surface area contributed by atoms with Gasteiger partial charge in [0.05, 0.1) is 5.69 Å². The third-order valence-electron chi connectivity index (χ3n) is 2.36. The summed E-state index contributed by atoms with van der Waals surface area (Å²) in [7, 11) is 0. The van der Waals surface area contributed by atoms with Crippen LogP contribution in [-0.4, -0.2) is 30.9 Å². The minimum Gasteiger partial charge on any atom is -0.296 e. The van der Waals surface area contributed by atoms with E-state index < -0.39 is 0 Å². The topological polar surface area (TPSA) is 85.6 Å². The second kappa shape index (κ2) is 4.86. The smallest absolute Gasteiger partial charge is 0.279 e. The highest BCUT2D eigenvalue weighted by Crippen LogP contribution is 2.16. The molecule has 0 saturated carbocycles. The van der Waals surface area contributed by atoms with Gasteiger partial charge in [-0.05, 0) is 6.92 Å². The number of hydrogen-bond acceptors (Lipinski definition) is 7. The maximum atomic E-state index is 12.0. The van der Waals surface area contributed by atoms with Crippen LogP contribution < -0.4 is 5.32 Å². The maximum absolute atomic E-state index is 12.0. The molecule has 0 aliphatic rings. The number of anilines is 1. The van der Waals surface area contributed by atoms with Crippen LogP contribution in [0.25, 0.3) is 5.13 Å². The van der Waals surface area contributed by atoms with E-state index in [9.17, 15) is 4.79 Å². The molecule has 1 N–H and O–H groups in total. The Labute approximate surface area is 116 Å². The van der Waals surface area contributed by atoms with Gasteiger partial charge in [-0.15, -0.1) is 27.8 Å². The van der Waals surface area contributed by atoms with Crippen LogP contribution in [0.3, 0.4) is 0 Å². The molecule has 3 aromatic heterocycles. The monoisotopic (exact) mass is 292 g/mol. The quantitative estimate of drug-likeness (QED) is 0.794. The Morgan fingerprint density at radius 1 is 1.26 bits per heavy atom. The molecule has 96 valence electrons. The van der Waals surface area contributed by atoms with Crippen LogP contribution in [0, 0.1) is 6.92 Å². The van der Waals surface area contributed by atoms with Gasteiger partial charge in [0, 0.05) is 23.2 Å². The van der Waals surface area contributed by atoms with E-state index in [4.69, 9.17) is 0 Å². The summed E-state index contributed by atoms with van der Waals surface area (Å²) in [5.41, 5.74) is 0.911. The lowest BCUT2D eigenvalue weighted by molar-refractivity contribution is 0.102. The molecule has 3 rings (SSSR count). The number of hydrogen-bond donors (Lipinski definition) is 1. The minimum atomic E-state index is -0.324. The molecule has 9 heteroatoms. The van der Waals surface area contributed by atoms with E-state index in [2.05, 4.69) is 25.6 Å². The summed E-state index contributed by atoms with van der Waals surface area (Å²) < 4.78 is 1.54. The number of nitrogens with one attached hydrogen (secondary N) is 1. The van der Waals surface area contributed by atoms with Gasteiger partial charge < -0.3 is 0 Å². The van der Waals surface area contributed by atoms with Crippen molar-refractivity contribution >= 4 is 33.7 Å². The fourth-order valence-corrected chi connectivity index (χ4v) is 2.65. The Balaban J connectivity index is 1.88. The van der Waals surface area contributed by atoms with Crippen molar-refractivity contribution in [1.29, 1.82) is 0 Å². The van der Waals surface area contributed by atoms with E-state index in [0.29, 0.717) is 16.0 Å². The van der Waals surface area contributed by atoms with E-state index >= 15 is 0 Å². The summed E-state index contributed by atoms with van der Waals surface area (Å²) >= 11 is 2.78. The van der Waals surface area contributed by atoms with Gasteiger partial charge in [0.15, 0.2) is 10.8 Å². The summed E-state index contributed by atoms with van der Waals surface area (Å²) in [6, 6.07) is 0. The van der Waals surface area contributed by atoms with E-state index in [0.717, 1.165) is 0 Å². The number of rotatable bonds is 3. The lowest BCUT2D eigenvalue weighted by Gasteiger charge is -2.00. The average Bonchev–Trinajstić information content (AvgIpc) is 3.08. The van der Waals surface area contributed by atoms with E-state index in [1.807, 2.05) is 5.38 Å². The third kappa shape index (κ3) is 2.25. The highest BCUT2D eigenvalue weighted by atomic mass is 32.1. The number of nitrogens with zero attached hydrogens (tertiary/aromatic N) is 5. The van der Waals surface area contributed by atoms with Gasteiger partial charge in [0.25, 0.3) is 5.91 Å². The average molecular weight is 292 g/mol. The molecule has 19 heavy (non-hydrogen) atoms. The molecule has 0 unspecified atom stereocenters. The van der Waals surface area contributed by atoms with Gasteiger partial charge >= 0.3 is 0 Å². The molecule has 0 fully saturated rings. The third-order valence-corrected chi connectivity index (χ3v) is 3.80. The number of amides is 1. The Hall–Kier alpha value is -2.13. The summed E-state index contributed by atoms with van der Waals surface area (Å²) in [4.78, 5) is 20.2. The molecule has 0 bridgehead atoms. The molecule has 0 saturated heterocycles. The van der Waals surface area contributed by atoms with Crippen LogP contribution in [0.2, 0.25) is 0 Å². The number of aromatic nitrogens is 5. The summed E-state index contributed by atoms with van der Waals surface area (Å²) in [5, 5.41) is 15.4. The standard InChI is InChI=1S/C10H8N6OS2/c1-6-7(8(17)13-9-11-2-4-18-9)14-15-16(6)10-12-3-5-19-10/h2-5H,1H3,(H,11,13,17). The summed E-state index contributed by atoms with van der Waals surface area (Å²) in [6.45, 7) is 1.78. The lowest BCUT2D eigenvalue weighted by Crippen LogP contribution is -2.14. The van der Waals surface area contributed by atoms with E-state index in [1.165, 1.54) is 22.7 Å². The second-order valence-corrected chi connectivity index (χ2v) is 5.31. The normalized spacial score (nSPS) is 10.6. The predicted octanol–water partition coefficient (Wildman–Crippen LogP) is 1.74. The molecule has 0 aliphatic heterocycles. The first-order valence-corrected chi connectivity index (χ1v) is 7.04. The van der Waals surface area contributed by atoms with Gasteiger partial charge in [0.1, 0.15) is 0 Å². The van der Waals surface area contributed by atoms with Crippen molar-refractivity contribution in [3.05, 3.63) is 34.5 Å². The van der Waals surface area contributed by atoms with Crippen molar-refractivity contribution in [2.24, 2.45) is 0 Å². The van der Waals surface area contributed by atoms with Crippen molar-refractivity contribution in [2.45, 2.75) is 6.92 Å². The molecule has 7 nitrogen and oxygen atoms in total. The predicted molar refractivity (Wildman–Crippen MR) is 71.8 cm³/mol. The van der Waals surface area contributed by atoms with Crippen molar-refractivity contribution in [2.75, 3.05) is 5.32 Å². The maximum Gasteiger partial charge on any atom is 0.279 e. The molecule has 0 spiro atoms. The van der Waals surface area contributed by atoms with Gasteiger partial charge in [-0.3, -0.25) is 10.1 Å². The zero-order valence-corrected chi connectivity index (χ0v) is 11.4. The summed E-state index contributed by atoms with van der Waals surface area (Å²) in [5.74, 6) is -0.324. The van der Waals surface area contributed by atoms with Crippen LogP contribution >= 0.6 is 22.7 Å². The van der Waals surface area contributed by atoms with Crippen molar-refractivity contribution < 1.29 is 4.79 Å². The molecule has 0 aliphatic carbocycles. The van der Waals surface area contributed by atoms with Gasteiger partial charge in [-0.1, -0.05) is 5.21 Å². The second-order valence-electron chi connectivity index (χ2n) is 3.54. The van der Waals surface area contributed by atoms with Gasteiger partial charge in [-0.2, -0.15) is 4.68 Å². The fraction of sp³-hybridized carbons (Fsp3) is 0.100. The molecule has 3 heterocycles. The van der Waals surface area contributed by atoms with Gasteiger partial charge in [0.2, 0.25) is 5.13 Å².